The molecule has 0 aliphatic heterocycles. The van der Waals surface area contributed by atoms with Crippen molar-refractivity contribution in [3.05, 3.63) is 30.1 Å². The van der Waals surface area contributed by atoms with Crippen molar-refractivity contribution in [2.24, 2.45) is 0 Å². The predicted octanol–water partition coefficient (Wildman–Crippen LogP) is 2.20. The summed E-state index contributed by atoms with van der Waals surface area (Å²) in [4.78, 5) is 11.3. The van der Waals surface area contributed by atoms with E-state index >= 15 is 0 Å². The molecule has 0 spiro atoms. The average Bonchev–Trinajstić information content (AvgIpc) is 2.35. The molecule has 0 radical (unpaired) electrons. The SMILES string of the molecule is CNc1nc(CCN(C)C)nc2ccccc12.Cl. The Morgan fingerprint density at radius 2 is 1.89 bits per heavy atom. The molecule has 0 unspecified atom stereocenters. The Morgan fingerprint density at radius 3 is 2.56 bits per heavy atom. The summed E-state index contributed by atoms with van der Waals surface area (Å²) in [7, 11) is 6.00. The van der Waals surface area contributed by atoms with Crippen LogP contribution in [-0.4, -0.2) is 42.6 Å². The Balaban J connectivity index is 0.00000162. The normalized spacial score (nSPS) is 10.4. The van der Waals surface area contributed by atoms with Gasteiger partial charge in [-0.3, -0.25) is 0 Å². The first-order valence-electron chi connectivity index (χ1n) is 5.79. The number of halogens is 1. The summed E-state index contributed by atoms with van der Waals surface area (Å²) in [5.74, 6) is 1.80. The van der Waals surface area contributed by atoms with E-state index in [-0.39, 0.29) is 12.4 Å². The smallest absolute Gasteiger partial charge is 0.137 e. The van der Waals surface area contributed by atoms with Gasteiger partial charge in [-0.2, -0.15) is 0 Å². The van der Waals surface area contributed by atoms with E-state index in [4.69, 9.17) is 0 Å². The minimum absolute atomic E-state index is 0. The Bertz CT molecular complexity index is 513. The fraction of sp³-hybridized carbons (Fsp3) is 0.385. The van der Waals surface area contributed by atoms with Crippen LogP contribution in [0.5, 0.6) is 0 Å². The van der Waals surface area contributed by atoms with Crippen LogP contribution in [-0.2, 0) is 6.42 Å². The van der Waals surface area contributed by atoms with Gasteiger partial charge in [-0.25, -0.2) is 9.97 Å². The molecule has 0 saturated carbocycles. The highest BCUT2D eigenvalue weighted by Gasteiger charge is 2.06. The fourth-order valence-electron chi connectivity index (χ4n) is 1.75. The number of aromatic nitrogens is 2. The lowest BCUT2D eigenvalue weighted by Gasteiger charge is -2.10. The van der Waals surface area contributed by atoms with Crippen molar-refractivity contribution in [1.29, 1.82) is 0 Å². The highest BCUT2D eigenvalue weighted by molar-refractivity contribution is 5.88. The summed E-state index contributed by atoms with van der Waals surface area (Å²) in [6.45, 7) is 0.960. The van der Waals surface area contributed by atoms with Crippen molar-refractivity contribution in [2.75, 3.05) is 33.0 Å². The summed E-state index contributed by atoms with van der Waals surface area (Å²) in [6, 6.07) is 8.07. The molecule has 0 amide bonds. The lowest BCUT2D eigenvalue weighted by Crippen LogP contribution is -2.16. The van der Waals surface area contributed by atoms with Crippen molar-refractivity contribution in [3.63, 3.8) is 0 Å². The minimum atomic E-state index is 0. The maximum absolute atomic E-state index is 4.58. The molecule has 0 fully saturated rings. The van der Waals surface area contributed by atoms with Gasteiger partial charge < -0.3 is 10.2 Å². The van der Waals surface area contributed by atoms with Gasteiger partial charge in [-0.1, -0.05) is 12.1 Å². The standard InChI is InChI=1S/C13H18N4.ClH/c1-14-13-10-6-4-5-7-11(10)15-12(16-13)8-9-17(2)3;/h4-7H,8-9H2,1-3H3,(H,14,15,16);1H. The van der Waals surface area contributed by atoms with E-state index in [1.165, 1.54) is 0 Å². The summed E-state index contributed by atoms with van der Waals surface area (Å²) in [5, 5.41) is 4.21. The van der Waals surface area contributed by atoms with E-state index in [1.807, 2.05) is 31.3 Å². The fourth-order valence-corrected chi connectivity index (χ4v) is 1.75. The second kappa shape index (κ2) is 6.52. The largest absolute Gasteiger partial charge is 0.373 e. The highest BCUT2D eigenvalue weighted by Crippen LogP contribution is 2.19. The molecule has 4 nitrogen and oxygen atoms in total. The zero-order valence-electron chi connectivity index (χ0n) is 11.0. The Morgan fingerprint density at radius 1 is 1.17 bits per heavy atom. The molecule has 1 heterocycles. The number of hydrogen-bond donors (Lipinski definition) is 1. The van der Waals surface area contributed by atoms with E-state index in [1.54, 1.807) is 0 Å². The summed E-state index contributed by atoms with van der Waals surface area (Å²) in [5.41, 5.74) is 1.00. The van der Waals surface area contributed by atoms with Crippen LogP contribution in [0.4, 0.5) is 5.82 Å². The molecule has 98 valence electrons. The van der Waals surface area contributed by atoms with Crippen molar-refractivity contribution < 1.29 is 0 Å². The number of anilines is 1. The van der Waals surface area contributed by atoms with E-state index in [9.17, 15) is 0 Å². The van der Waals surface area contributed by atoms with E-state index < -0.39 is 0 Å². The summed E-state index contributed by atoms with van der Waals surface area (Å²) in [6.07, 6.45) is 0.868. The van der Waals surface area contributed by atoms with E-state index in [2.05, 4.69) is 34.3 Å². The van der Waals surface area contributed by atoms with Crippen molar-refractivity contribution in [2.45, 2.75) is 6.42 Å². The first-order valence-corrected chi connectivity index (χ1v) is 5.79. The number of hydrogen-bond acceptors (Lipinski definition) is 4. The Labute approximate surface area is 114 Å². The number of fused-ring (bicyclic) bond motifs is 1. The lowest BCUT2D eigenvalue weighted by atomic mass is 10.2. The van der Waals surface area contributed by atoms with E-state index in [0.29, 0.717) is 0 Å². The molecule has 2 aromatic rings. The predicted molar refractivity (Wildman–Crippen MR) is 78.6 cm³/mol. The molecular weight excluding hydrogens is 248 g/mol. The van der Waals surface area contributed by atoms with Crippen LogP contribution in [0.15, 0.2) is 24.3 Å². The maximum Gasteiger partial charge on any atom is 0.137 e. The second-order valence-electron chi connectivity index (χ2n) is 4.31. The topological polar surface area (TPSA) is 41.1 Å². The van der Waals surface area contributed by atoms with Crippen molar-refractivity contribution >= 4 is 29.1 Å². The van der Waals surface area contributed by atoms with E-state index in [0.717, 1.165) is 35.5 Å². The molecule has 0 aliphatic carbocycles. The zero-order valence-corrected chi connectivity index (χ0v) is 11.8. The molecule has 1 aromatic heterocycles. The number of benzene rings is 1. The maximum atomic E-state index is 4.58. The number of para-hydroxylation sites is 1. The second-order valence-corrected chi connectivity index (χ2v) is 4.31. The third-order valence-corrected chi connectivity index (χ3v) is 2.67. The molecule has 0 bridgehead atoms. The molecule has 0 aliphatic rings. The first kappa shape index (κ1) is 14.7. The van der Waals surface area contributed by atoms with Crippen molar-refractivity contribution in [1.82, 2.24) is 14.9 Å². The zero-order chi connectivity index (χ0) is 12.3. The molecule has 1 aromatic carbocycles. The van der Waals surface area contributed by atoms with Crippen LogP contribution >= 0.6 is 12.4 Å². The number of rotatable bonds is 4. The van der Waals surface area contributed by atoms with Crippen LogP contribution in [0.3, 0.4) is 0 Å². The molecule has 2 rings (SSSR count). The molecule has 18 heavy (non-hydrogen) atoms. The molecular formula is C13H19ClN4. The number of nitrogens with zero attached hydrogens (tertiary/aromatic N) is 3. The average molecular weight is 267 g/mol. The summed E-state index contributed by atoms with van der Waals surface area (Å²) >= 11 is 0. The number of likely N-dealkylation sites (N-methyl/N-ethyl adjacent to an activating group) is 1. The van der Waals surface area contributed by atoms with Gasteiger partial charge in [-0.05, 0) is 26.2 Å². The van der Waals surface area contributed by atoms with Gasteiger partial charge >= 0.3 is 0 Å². The monoisotopic (exact) mass is 266 g/mol. The number of nitrogens with one attached hydrogen (secondary N) is 1. The van der Waals surface area contributed by atoms with Gasteiger partial charge in [-0.15, -0.1) is 12.4 Å². The van der Waals surface area contributed by atoms with Gasteiger partial charge in [0.1, 0.15) is 11.6 Å². The van der Waals surface area contributed by atoms with Crippen LogP contribution in [0.2, 0.25) is 0 Å². The van der Waals surface area contributed by atoms with Gasteiger partial charge in [0.2, 0.25) is 0 Å². The quantitative estimate of drug-likeness (QED) is 0.921. The molecule has 0 atom stereocenters. The highest BCUT2D eigenvalue weighted by atomic mass is 35.5. The van der Waals surface area contributed by atoms with Crippen molar-refractivity contribution in [3.8, 4) is 0 Å². The van der Waals surface area contributed by atoms with Crippen LogP contribution < -0.4 is 5.32 Å². The van der Waals surface area contributed by atoms with Gasteiger partial charge in [0.05, 0.1) is 5.52 Å². The van der Waals surface area contributed by atoms with Gasteiger partial charge in [0.15, 0.2) is 0 Å². The lowest BCUT2D eigenvalue weighted by molar-refractivity contribution is 0.410. The van der Waals surface area contributed by atoms with Crippen LogP contribution in [0.25, 0.3) is 10.9 Å². The minimum Gasteiger partial charge on any atom is -0.373 e. The summed E-state index contributed by atoms with van der Waals surface area (Å²) < 4.78 is 0. The molecule has 5 heteroatoms. The van der Waals surface area contributed by atoms with Crippen LogP contribution in [0.1, 0.15) is 5.82 Å². The third-order valence-electron chi connectivity index (χ3n) is 2.67. The molecule has 1 N–H and O–H groups in total. The Kier molecular flexibility index (Phi) is 5.31. The third kappa shape index (κ3) is 3.31. The first-order chi connectivity index (χ1) is 8.20. The Hall–Kier alpha value is -1.39. The van der Waals surface area contributed by atoms with Crippen LogP contribution in [0, 0.1) is 0 Å². The van der Waals surface area contributed by atoms with Gasteiger partial charge in [0, 0.05) is 25.4 Å². The molecule has 0 saturated heterocycles. The van der Waals surface area contributed by atoms with Gasteiger partial charge in [0.25, 0.3) is 0 Å².